The van der Waals surface area contributed by atoms with Gasteiger partial charge < -0.3 is 25.2 Å². The normalized spacial score (nSPS) is 14.2. The molecule has 0 aliphatic carbocycles. The first kappa shape index (κ1) is 26.5. The largest absolute Gasteiger partial charge is 0.494 e. The van der Waals surface area contributed by atoms with Gasteiger partial charge in [-0.2, -0.15) is 4.98 Å². The van der Waals surface area contributed by atoms with E-state index >= 15 is 0 Å². The summed E-state index contributed by atoms with van der Waals surface area (Å²) in [5.74, 6) is 1.88. The lowest BCUT2D eigenvalue weighted by Gasteiger charge is -2.35. The fraction of sp³-hybridized carbons (Fsp3) is 0.333. The standard InChI is InChI=1S/C27H32BrN8OP/c1-17-14-21(23(37-3)15-22(17)36-12-10-35(2)11-13-36)33-27-31-16-18(28)26(34-27)32-20-7-6-19-24(25(20)38(4)5)30-9-8-29-19/h6-9,14-16H,10-13H2,1-5H3,(H2,31,32,33,34). The second-order valence-electron chi connectivity index (χ2n) is 9.55. The lowest BCUT2D eigenvalue weighted by Crippen LogP contribution is -2.44. The van der Waals surface area contributed by atoms with Crippen LogP contribution in [0, 0.1) is 6.92 Å². The smallest absolute Gasteiger partial charge is 0.229 e. The van der Waals surface area contributed by atoms with Crippen molar-refractivity contribution in [1.29, 1.82) is 0 Å². The number of likely N-dealkylation sites (N-methyl/N-ethyl adjacent to an activating group) is 1. The van der Waals surface area contributed by atoms with E-state index in [-0.39, 0.29) is 0 Å². The van der Waals surface area contributed by atoms with Crippen molar-refractivity contribution in [2.75, 3.05) is 69.2 Å². The summed E-state index contributed by atoms with van der Waals surface area (Å²) in [7, 11) is 3.40. The van der Waals surface area contributed by atoms with Crippen LogP contribution in [0.25, 0.3) is 11.0 Å². The molecule has 198 valence electrons. The third kappa shape index (κ3) is 5.53. The summed E-state index contributed by atoms with van der Waals surface area (Å²) in [6, 6.07) is 8.23. The molecular weight excluding hydrogens is 563 g/mol. The average molecular weight is 595 g/mol. The highest BCUT2D eigenvalue weighted by atomic mass is 79.9. The summed E-state index contributed by atoms with van der Waals surface area (Å²) in [6.07, 6.45) is 5.21. The van der Waals surface area contributed by atoms with Gasteiger partial charge in [0.25, 0.3) is 0 Å². The minimum Gasteiger partial charge on any atom is -0.494 e. The third-order valence-corrected chi connectivity index (χ3v) is 8.59. The zero-order valence-corrected chi connectivity index (χ0v) is 24.8. The number of aromatic nitrogens is 4. The summed E-state index contributed by atoms with van der Waals surface area (Å²) in [4.78, 5) is 23.2. The molecule has 38 heavy (non-hydrogen) atoms. The maximum absolute atomic E-state index is 5.77. The molecule has 1 saturated heterocycles. The van der Waals surface area contributed by atoms with Gasteiger partial charge in [0.2, 0.25) is 5.95 Å². The molecule has 1 fully saturated rings. The number of hydrogen-bond donors (Lipinski definition) is 2. The number of nitrogens with one attached hydrogen (secondary N) is 2. The molecule has 4 aromatic rings. The van der Waals surface area contributed by atoms with Crippen molar-refractivity contribution >= 4 is 69.0 Å². The Hall–Kier alpha value is -3.07. The van der Waals surface area contributed by atoms with Crippen LogP contribution in [0.5, 0.6) is 5.75 Å². The first-order valence-electron chi connectivity index (χ1n) is 12.4. The number of hydrogen-bond acceptors (Lipinski definition) is 9. The number of halogens is 1. The SMILES string of the molecule is COc1cc(N2CCN(C)CC2)c(C)cc1Nc1ncc(Br)c(Nc2ccc3nccnc3c2P(C)C)n1. The van der Waals surface area contributed by atoms with Crippen molar-refractivity contribution in [3.05, 3.63) is 52.9 Å². The summed E-state index contributed by atoms with van der Waals surface area (Å²) in [5, 5.41) is 8.03. The van der Waals surface area contributed by atoms with Gasteiger partial charge in [-0.3, -0.25) is 9.97 Å². The van der Waals surface area contributed by atoms with Gasteiger partial charge in [0, 0.05) is 67.5 Å². The minimum atomic E-state index is -0.454. The Morgan fingerprint density at radius 2 is 1.74 bits per heavy atom. The number of piperazine rings is 1. The predicted molar refractivity (Wildman–Crippen MR) is 162 cm³/mol. The van der Waals surface area contributed by atoms with Crippen molar-refractivity contribution in [1.82, 2.24) is 24.8 Å². The molecule has 5 rings (SSSR count). The summed E-state index contributed by atoms with van der Waals surface area (Å²) in [5.41, 5.74) is 5.96. The van der Waals surface area contributed by atoms with Crippen molar-refractivity contribution in [2.45, 2.75) is 6.92 Å². The molecule has 3 heterocycles. The van der Waals surface area contributed by atoms with E-state index in [1.807, 2.05) is 12.1 Å². The Balaban J connectivity index is 1.43. The van der Waals surface area contributed by atoms with Crippen molar-refractivity contribution in [3.8, 4) is 5.75 Å². The van der Waals surface area contributed by atoms with Crippen LogP contribution in [0.15, 0.2) is 47.3 Å². The van der Waals surface area contributed by atoms with Gasteiger partial charge in [-0.15, -0.1) is 0 Å². The second kappa shape index (κ2) is 11.4. The number of nitrogens with zero attached hydrogens (tertiary/aromatic N) is 6. The van der Waals surface area contributed by atoms with Gasteiger partial charge in [0.05, 0.1) is 28.3 Å². The highest BCUT2D eigenvalue weighted by Crippen LogP contribution is 2.37. The van der Waals surface area contributed by atoms with E-state index in [0.29, 0.717) is 11.8 Å². The van der Waals surface area contributed by atoms with Crippen LogP contribution in [-0.4, -0.2) is 78.5 Å². The van der Waals surface area contributed by atoms with E-state index in [9.17, 15) is 0 Å². The molecule has 11 heteroatoms. The molecule has 0 unspecified atom stereocenters. The van der Waals surface area contributed by atoms with Crippen LogP contribution < -0.4 is 25.6 Å². The van der Waals surface area contributed by atoms with E-state index in [4.69, 9.17) is 9.72 Å². The zero-order chi connectivity index (χ0) is 26.8. The van der Waals surface area contributed by atoms with Crippen LogP contribution in [0.3, 0.4) is 0 Å². The molecular formula is C27H32BrN8OP. The highest BCUT2D eigenvalue weighted by molar-refractivity contribution is 9.10. The number of ether oxygens (including phenoxy) is 1. The molecule has 0 amide bonds. The van der Waals surface area contributed by atoms with E-state index in [1.54, 1.807) is 25.7 Å². The molecule has 9 nitrogen and oxygen atoms in total. The average Bonchev–Trinajstić information content (AvgIpc) is 2.91. The molecule has 1 aliphatic rings. The quantitative estimate of drug-likeness (QED) is 0.283. The fourth-order valence-corrected chi connectivity index (χ4v) is 6.17. The summed E-state index contributed by atoms with van der Waals surface area (Å²) >= 11 is 3.61. The van der Waals surface area contributed by atoms with E-state index in [2.05, 4.69) is 90.7 Å². The third-order valence-electron chi connectivity index (χ3n) is 6.67. The van der Waals surface area contributed by atoms with Gasteiger partial charge in [0.1, 0.15) is 11.6 Å². The van der Waals surface area contributed by atoms with Gasteiger partial charge >= 0.3 is 0 Å². The summed E-state index contributed by atoms with van der Waals surface area (Å²) < 4.78 is 6.53. The molecule has 0 atom stereocenters. The number of methoxy groups -OCH3 is 1. The first-order chi connectivity index (χ1) is 18.3. The van der Waals surface area contributed by atoms with Gasteiger partial charge in [0.15, 0.2) is 0 Å². The Kier molecular flexibility index (Phi) is 7.93. The van der Waals surface area contributed by atoms with Crippen molar-refractivity contribution in [2.24, 2.45) is 0 Å². The van der Waals surface area contributed by atoms with Crippen LogP contribution in [0.4, 0.5) is 28.8 Å². The maximum Gasteiger partial charge on any atom is 0.229 e. The maximum atomic E-state index is 5.77. The Morgan fingerprint density at radius 3 is 2.47 bits per heavy atom. The first-order valence-corrected chi connectivity index (χ1v) is 15.5. The number of rotatable bonds is 7. The van der Waals surface area contributed by atoms with E-state index in [0.717, 1.165) is 64.1 Å². The van der Waals surface area contributed by atoms with Gasteiger partial charge in [-0.1, -0.05) is 7.92 Å². The molecule has 0 radical (unpaired) electrons. The van der Waals surface area contributed by atoms with Crippen molar-refractivity contribution in [3.63, 3.8) is 0 Å². The minimum absolute atomic E-state index is 0.454. The number of aryl methyl sites for hydroxylation is 1. The number of fused-ring (bicyclic) bond motifs is 1. The van der Waals surface area contributed by atoms with E-state index in [1.165, 1.54) is 11.3 Å². The predicted octanol–water partition coefficient (Wildman–Crippen LogP) is 5.11. The van der Waals surface area contributed by atoms with Gasteiger partial charge in [-0.25, -0.2) is 4.98 Å². The molecule has 0 spiro atoms. The molecule has 1 aliphatic heterocycles. The fourth-order valence-electron chi connectivity index (χ4n) is 4.67. The topological polar surface area (TPSA) is 91.3 Å². The molecule has 2 aromatic heterocycles. The Morgan fingerprint density at radius 1 is 0.974 bits per heavy atom. The lowest BCUT2D eigenvalue weighted by molar-refractivity contribution is 0.312. The number of anilines is 5. The van der Waals surface area contributed by atoms with E-state index < -0.39 is 7.92 Å². The molecule has 2 aromatic carbocycles. The van der Waals surface area contributed by atoms with Crippen LogP contribution in [0.2, 0.25) is 0 Å². The second-order valence-corrected chi connectivity index (χ2v) is 12.6. The molecule has 2 N–H and O–H groups in total. The number of benzene rings is 2. The van der Waals surface area contributed by atoms with Crippen molar-refractivity contribution < 1.29 is 4.74 Å². The lowest BCUT2D eigenvalue weighted by atomic mass is 10.1. The molecule has 0 bridgehead atoms. The zero-order valence-electron chi connectivity index (χ0n) is 22.3. The van der Waals surface area contributed by atoms with Gasteiger partial charge in [-0.05, 0) is 67.0 Å². The monoisotopic (exact) mass is 594 g/mol. The van der Waals surface area contributed by atoms with Crippen LogP contribution in [0.1, 0.15) is 5.56 Å². The Bertz CT molecular complexity index is 1460. The summed E-state index contributed by atoms with van der Waals surface area (Å²) in [6.45, 7) is 10.7. The Labute approximate surface area is 232 Å². The van der Waals surface area contributed by atoms with Crippen LogP contribution >= 0.6 is 23.9 Å². The van der Waals surface area contributed by atoms with Crippen LogP contribution in [-0.2, 0) is 0 Å². The highest BCUT2D eigenvalue weighted by Gasteiger charge is 2.19. The molecule has 0 saturated carbocycles.